The van der Waals surface area contributed by atoms with Crippen LogP contribution >= 0.6 is 11.8 Å². The van der Waals surface area contributed by atoms with Crippen LogP contribution in [0.1, 0.15) is 10.4 Å². The Labute approximate surface area is 155 Å². The average molecular weight is 370 g/mol. The third-order valence-corrected chi connectivity index (χ3v) is 4.87. The first kappa shape index (κ1) is 18.0. The van der Waals surface area contributed by atoms with Crippen molar-refractivity contribution in [3.05, 3.63) is 54.1 Å². The number of benzene rings is 2. The first-order chi connectivity index (χ1) is 12.6. The number of hydrogen-bond acceptors (Lipinski definition) is 6. The van der Waals surface area contributed by atoms with Gasteiger partial charge in [0.05, 0.1) is 23.9 Å². The van der Waals surface area contributed by atoms with E-state index < -0.39 is 5.97 Å². The summed E-state index contributed by atoms with van der Waals surface area (Å²) in [5.74, 6) is 0.347. The fraction of sp³-hybridized carbons (Fsp3) is 0.211. The molecular weight excluding hydrogens is 352 g/mol. The van der Waals surface area contributed by atoms with Crippen LogP contribution in [0.5, 0.6) is 5.75 Å². The largest absolute Gasteiger partial charge is 0.482 e. The number of esters is 1. The molecular formula is C19H18N2O4S. The molecule has 0 aliphatic heterocycles. The van der Waals surface area contributed by atoms with Crippen LogP contribution in [0.3, 0.4) is 0 Å². The lowest BCUT2D eigenvalue weighted by Gasteiger charge is -2.06. The van der Waals surface area contributed by atoms with E-state index in [1.54, 1.807) is 24.3 Å². The second kappa shape index (κ2) is 8.05. The zero-order valence-corrected chi connectivity index (χ0v) is 15.3. The van der Waals surface area contributed by atoms with Crippen LogP contribution in [0.25, 0.3) is 11.0 Å². The van der Waals surface area contributed by atoms with E-state index in [2.05, 4.69) is 9.72 Å². The second-order valence-electron chi connectivity index (χ2n) is 5.54. The Morgan fingerprint density at radius 1 is 1.12 bits per heavy atom. The van der Waals surface area contributed by atoms with Gasteiger partial charge in [-0.05, 0) is 36.4 Å². The molecule has 0 radical (unpaired) electrons. The number of aromatic nitrogens is 2. The highest BCUT2D eigenvalue weighted by molar-refractivity contribution is 7.99. The number of thioether (sulfide) groups is 1. The highest BCUT2D eigenvalue weighted by Gasteiger charge is 2.12. The van der Waals surface area contributed by atoms with Crippen LogP contribution in [0.2, 0.25) is 0 Å². The van der Waals surface area contributed by atoms with E-state index in [9.17, 15) is 9.59 Å². The van der Waals surface area contributed by atoms with Gasteiger partial charge in [-0.25, -0.2) is 9.78 Å². The number of ether oxygens (including phenoxy) is 2. The van der Waals surface area contributed by atoms with Crippen LogP contribution in [0.15, 0.2) is 53.7 Å². The van der Waals surface area contributed by atoms with Crippen molar-refractivity contribution in [1.82, 2.24) is 9.55 Å². The molecule has 0 amide bonds. The van der Waals surface area contributed by atoms with Crippen molar-refractivity contribution in [3.63, 3.8) is 0 Å². The monoisotopic (exact) mass is 370 g/mol. The predicted molar refractivity (Wildman–Crippen MR) is 99.7 cm³/mol. The fourth-order valence-electron chi connectivity index (χ4n) is 2.40. The number of nitrogens with zero attached hydrogens (tertiary/aromatic N) is 2. The summed E-state index contributed by atoms with van der Waals surface area (Å²) < 4.78 is 11.8. The maximum atomic E-state index is 12.4. The van der Waals surface area contributed by atoms with E-state index in [0.29, 0.717) is 17.1 Å². The molecule has 0 saturated heterocycles. The first-order valence-electron chi connectivity index (χ1n) is 7.95. The molecule has 0 N–H and O–H groups in total. The van der Waals surface area contributed by atoms with E-state index in [-0.39, 0.29) is 12.4 Å². The zero-order chi connectivity index (χ0) is 18.5. The number of methoxy groups -OCH3 is 1. The highest BCUT2D eigenvalue weighted by Crippen LogP contribution is 2.23. The fourth-order valence-corrected chi connectivity index (χ4v) is 3.29. The third kappa shape index (κ3) is 4.05. The molecule has 0 bridgehead atoms. The van der Waals surface area contributed by atoms with Crippen molar-refractivity contribution < 1.29 is 19.1 Å². The minimum atomic E-state index is -0.455. The lowest BCUT2D eigenvalue weighted by Crippen LogP contribution is -2.12. The summed E-state index contributed by atoms with van der Waals surface area (Å²) in [7, 11) is 3.24. The van der Waals surface area contributed by atoms with Gasteiger partial charge < -0.3 is 14.0 Å². The number of fused-ring (bicyclic) bond motifs is 1. The van der Waals surface area contributed by atoms with Crippen LogP contribution in [0.4, 0.5) is 0 Å². The van der Waals surface area contributed by atoms with Crippen molar-refractivity contribution in [3.8, 4) is 5.75 Å². The molecule has 6 nitrogen and oxygen atoms in total. The van der Waals surface area contributed by atoms with Crippen LogP contribution < -0.4 is 4.74 Å². The number of aryl methyl sites for hydroxylation is 1. The number of para-hydroxylation sites is 2. The molecule has 0 saturated carbocycles. The summed E-state index contributed by atoms with van der Waals surface area (Å²) in [5.41, 5.74) is 2.54. The standard InChI is InChI=1S/C19H18N2O4S/c1-21-16-6-4-3-5-15(16)20-19(21)26-12-17(22)13-7-9-14(10-8-13)25-11-18(23)24-2/h3-10H,11-12H2,1-2H3. The Morgan fingerprint density at radius 2 is 1.85 bits per heavy atom. The van der Waals surface area contributed by atoms with E-state index >= 15 is 0 Å². The minimum absolute atomic E-state index is 0.00146. The van der Waals surface area contributed by atoms with Gasteiger partial charge in [0, 0.05) is 12.6 Å². The summed E-state index contributed by atoms with van der Waals surface area (Å²) in [6.07, 6.45) is 0. The SMILES string of the molecule is COC(=O)COc1ccc(C(=O)CSc2nc3ccccc3n2C)cc1. The Morgan fingerprint density at radius 3 is 2.54 bits per heavy atom. The molecule has 26 heavy (non-hydrogen) atoms. The maximum Gasteiger partial charge on any atom is 0.343 e. The third-order valence-electron chi connectivity index (χ3n) is 3.84. The molecule has 3 aromatic rings. The van der Waals surface area contributed by atoms with Crippen molar-refractivity contribution in [1.29, 1.82) is 0 Å². The Bertz CT molecular complexity index is 934. The number of imidazole rings is 1. The normalized spacial score (nSPS) is 10.7. The summed E-state index contributed by atoms with van der Waals surface area (Å²) in [6.45, 7) is -0.160. The van der Waals surface area contributed by atoms with E-state index in [1.165, 1.54) is 18.9 Å². The van der Waals surface area contributed by atoms with Crippen molar-refractivity contribution in [2.24, 2.45) is 7.05 Å². The number of ketones is 1. The van der Waals surface area contributed by atoms with Gasteiger partial charge in [-0.2, -0.15) is 0 Å². The molecule has 0 spiro atoms. The maximum absolute atomic E-state index is 12.4. The smallest absolute Gasteiger partial charge is 0.343 e. The summed E-state index contributed by atoms with van der Waals surface area (Å²) in [5, 5.41) is 0.803. The van der Waals surface area contributed by atoms with Gasteiger partial charge in [0.2, 0.25) is 0 Å². The number of carbonyl (C=O) groups is 2. The van der Waals surface area contributed by atoms with Gasteiger partial charge in [-0.3, -0.25) is 4.79 Å². The molecule has 1 aromatic heterocycles. The lowest BCUT2D eigenvalue weighted by atomic mass is 10.1. The molecule has 0 atom stereocenters. The molecule has 0 unspecified atom stereocenters. The van der Waals surface area contributed by atoms with Gasteiger partial charge in [0.25, 0.3) is 0 Å². The second-order valence-corrected chi connectivity index (χ2v) is 6.49. The predicted octanol–water partition coefficient (Wildman–Crippen LogP) is 3.10. The summed E-state index contributed by atoms with van der Waals surface area (Å²) >= 11 is 1.41. The molecule has 0 fully saturated rings. The summed E-state index contributed by atoms with van der Waals surface area (Å²) in [6, 6.07) is 14.6. The number of carbonyl (C=O) groups excluding carboxylic acids is 2. The van der Waals surface area contributed by atoms with Crippen molar-refractivity contribution in [2.45, 2.75) is 5.16 Å². The molecule has 0 aliphatic rings. The first-order valence-corrected chi connectivity index (χ1v) is 8.94. The summed E-state index contributed by atoms with van der Waals surface area (Å²) in [4.78, 5) is 28.0. The van der Waals surface area contributed by atoms with E-state index in [1.807, 2.05) is 35.9 Å². The Kier molecular flexibility index (Phi) is 5.58. The van der Waals surface area contributed by atoms with Gasteiger partial charge in [-0.15, -0.1) is 0 Å². The van der Waals surface area contributed by atoms with Gasteiger partial charge in [-0.1, -0.05) is 23.9 Å². The molecule has 1 heterocycles. The quantitative estimate of drug-likeness (QED) is 0.362. The number of Topliss-reactive ketones (excluding diaryl/α,β-unsaturated/α-hetero) is 1. The minimum Gasteiger partial charge on any atom is -0.482 e. The highest BCUT2D eigenvalue weighted by atomic mass is 32.2. The lowest BCUT2D eigenvalue weighted by molar-refractivity contribution is -0.142. The van der Waals surface area contributed by atoms with Gasteiger partial charge in [0.15, 0.2) is 17.5 Å². The Hall–Kier alpha value is -2.80. The van der Waals surface area contributed by atoms with Crippen LogP contribution in [-0.2, 0) is 16.6 Å². The zero-order valence-electron chi connectivity index (χ0n) is 14.5. The average Bonchev–Trinajstić information content (AvgIpc) is 3.00. The van der Waals surface area contributed by atoms with Crippen LogP contribution in [0, 0.1) is 0 Å². The number of rotatable bonds is 7. The van der Waals surface area contributed by atoms with Crippen LogP contribution in [-0.4, -0.2) is 40.8 Å². The van der Waals surface area contributed by atoms with Crippen molar-refractivity contribution >= 4 is 34.5 Å². The van der Waals surface area contributed by atoms with E-state index in [4.69, 9.17) is 4.74 Å². The van der Waals surface area contributed by atoms with Gasteiger partial charge in [0.1, 0.15) is 5.75 Å². The molecule has 3 rings (SSSR count). The van der Waals surface area contributed by atoms with E-state index in [0.717, 1.165) is 16.2 Å². The van der Waals surface area contributed by atoms with Gasteiger partial charge >= 0.3 is 5.97 Å². The molecule has 134 valence electrons. The molecule has 2 aromatic carbocycles. The molecule has 0 aliphatic carbocycles. The molecule has 7 heteroatoms. The number of hydrogen-bond donors (Lipinski definition) is 0. The Balaban J connectivity index is 1.60. The van der Waals surface area contributed by atoms with Crippen molar-refractivity contribution in [2.75, 3.05) is 19.5 Å². The topological polar surface area (TPSA) is 70.4 Å².